The van der Waals surface area contributed by atoms with E-state index in [-0.39, 0.29) is 10.9 Å². The first-order valence-corrected chi connectivity index (χ1v) is 11.7. The molecule has 0 aliphatic carbocycles. The highest BCUT2D eigenvalue weighted by Gasteiger charge is 2.27. The van der Waals surface area contributed by atoms with E-state index in [1.54, 1.807) is 12.1 Å². The van der Waals surface area contributed by atoms with Gasteiger partial charge in [0.2, 0.25) is 0 Å². The molecule has 1 fully saturated rings. The molecule has 5 rings (SSSR count). The SMILES string of the molecule is Cn1cc(C(Cn2ccc3ccc(S(=O)(=O)O)cc32)N2CCCC2)c2ccccc21. The van der Waals surface area contributed by atoms with Crippen LogP contribution in [0.4, 0.5) is 0 Å². The zero-order valence-electron chi connectivity index (χ0n) is 16.9. The van der Waals surface area contributed by atoms with Gasteiger partial charge in [0.1, 0.15) is 0 Å². The van der Waals surface area contributed by atoms with Crippen LogP contribution in [0.25, 0.3) is 21.8 Å². The van der Waals surface area contributed by atoms with Crippen LogP contribution >= 0.6 is 0 Å². The maximum Gasteiger partial charge on any atom is 0.294 e. The van der Waals surface area contributed by atoms with Gasteiger partial charge in [-0.1, -0.05) is 24.3 Å². The second-order valence-electron chi connectivity index (χ2n) is 8.14. The van der Waals surface area contributed by atoms with Gasteiger partial charge in [0.15, 0.2) is 0 Å². The maximum absolute atomic E-state index is 11.6. The number of hydrogen-bond donors (Lipinski definition) is 1. The molecule has 1 aliphatic heterocycles. The van der Waals surface area contributed by atoms with E-state index in [0.29, 0.717) is 6.54 Å². The molecule has 1 aliphatic rings. The van der Waals surface area contributed by atoms with Crippen LogP contribution in [0.5, 0.6) is 0 Å². The molecule has 156 valence electrons. The van der Waals surface area contributed by atoms with Gasteiger partial charge in [-0.15, -0.1) is 0 Å². The summed E-state index contributed by atoms with van der Waals surface area (Å²) in [5, 5.41) is 2.22. The first-order chi connectivity index (χ1) is 14.4. The largest absolute Gasteiger partial charge is 0.350 e. The molecule has 0 saturated carbocycles. The van der Waals surface area contributed by atoms with Crippen molar-refractivity contribution in [2.24, 2.45) is 7.05 Å². The Hall–Kier alpha value is -2.61. The molecular formula is C23H25N3O3S. The minimum Gasteiger partial charge on any atom is -0.350 e. The van der Waals surface area contributed by atoms with E-state index in [1.807, 2.05) is 12.3 Å². The summed E-state index contributed by atoms with van der Waals surface area (Å²) in [6.45, 7) is 2.83. The number of benzene rings is 2. The fourth-order valence-electron chi connectivity index (χ4n) is 4.77. The average molecular weight is 424 g/mol. The summed E-state index contributed by atoms with van der Waals surface area (Å²) in [6.07, 6.45) is 6.62. The minimum atomic E-state index is -4.24. The zero-order valence-corrected chi connectivity index (χ0v) is 17.7. The predicted molar refractivity (Wildman–Crippen MR) is 118 cm³/mol. The predicted octanol–water partition coefficient (Wildman–Crippen LogP) is 4.22. The Bertz CT molecular complexity index is 1330. The minimum absolute atomic E-state index is 0.0715. The average Bonchev–Trinajstić information content (AvgIpc) is 3.45. The zero-order chi connectivity index (χ0) is 20.9. The molecule has 0 spiro atoms. The second-order valence-corrected chi connectivity index (χ2v) is 9.56. The van der Waals surface area contributed by atoms with Gasteiger partial charge in [-0.3, -0.25) is 9.45 Å². The monoisotopic (exact) mass is 423 g/mol. The van der Waals surface area contributed by atoms with Crippen molar-refractivity contribution in [3.8, 4) is 0 Å². The topological polar surface area (TPSA) is 67.5 Å². The molecule has 0 amide bonds. The Morgan fingerprint density at radius 2 is 1.80 bits per heavy atom. The Labute approximate surface area is 176 Å². The van der Waals surface area contributed by atoms with Crippen LogP contribution in [-0.4, -0.2) is 40.1 Å². The summed E-state index contributed by atoms with van der Waals surface area (Å²) >= 11 is 0. The fourth-order valence-corrected chi connectivity index (χ4v) is 5.27. The number of likely N-dealkylation sites (tertiary alicyclic amines) is 1. The molecule has 7 heteroatoms. The van der Waals surface area contributed by atoms with Crippen molar-refractivity contribution >= 4 is 31.9 Å². The highest BCUT2D eigenvalue weighted by molar-refractivity contribution is 7.85. The fraction of sp³-hybridized carbons (Fsp3) is 0.304. The summed E-state index contributed by atoms with van der Waals surface area (Å²) in [4.78, 5) is 2.46. The smallest absolute Gasteiger partial charge is 0.294 e. The second kappa shape index (κ2) is 7.27. The van der Waals surface area contributed by atoms with Gasteiger partial charge in [0.25, 0.3) is 10.1 Å². The Morgan fingerprint density at radius 3 is 2.57 bits per heavy atom. The first kappa shape index (κ1) is 19.4. The molecule has 3 heterocycles. The van der Waals surface area contributed by atoms with Gasteiger partial charge < -0.3 is 9.13 Å². The van der Waals surface area contributed by atoms with Gasteiger partial charge in [-0.05, 0) is 61.1 Å². The van der Waals surface area contributed by atoms with Crippen molar-refractivity contribution in [1.29, 1.82) is 0 Å². The van der Waals surface area contributed by atoms with Crippen molar-refractivity contribution in [2.45, 2.75) is 30.3 Å². The quantitative estimate of drug-likeness (QED) is 0.488. The lowest BCUT2D eigenvalue weighted by Gasteiger charge is -2.28. The number of rotatable bonds is 5. The van der Waals surface area contributed by atoms with Crippen LogP contribution in [-0.2, 0) is 23.7 Å². The standard InChI is InChI=1S/C23H25N3O3S/c1-24-15-20(19-6-2-3-7-21(19)24)23(25-11-4-5-12-25)16-26-13-10-17-8-9-18(14-22(17)26)30(27,28)29/h2-3,6-10,13-15,23H,4-5,11-12,16H2,1H3,(H,27,28,29). The number of aromatic nitrogens is 2. The lowest BCUT2D eigenvalue weighted by molar-refractivity contribution is 0.225. The van der Waals surface area contributed by atoms with Crippen molar-refractivity contribution in [3.05, 3.63) is 66.5 Å². The highest BCUT2D eigenvalue weighted by Crippen LogP contribution is 2.34. The molecule has 2 aromatic heterocycles. The van der Waals surface area contributed by atoms with E-state index in [4.69, 9.17) is 0 Å². The molecule has 1 unspecified atom stereocenters. The van der Waals surface area contributed by atoms with Crippen LogP contribution in [0.15, 0.2) is 65.8 Å². The summed E-state index contributed by atoms with van der Waals surface area (Å²) in [7, 11) is -2.16. The third-order valence-corrected chi connectivity index (χ3v) is 7.13. The van der Waals surface area contributed by atoms with Gasteiger partial charge in [0, 0.05) is 42.4 Å². The van der Waals surface area contributed by atoms with E-state index in [9.17, 15) is 13.0 Å². The molecule has 4 aromatic rings. The highest BCUT2D eigenvalue weighted by atomic mass is 32.2. The van der Waals surface area contributed by atoms with Gasteiger partial charge in [0.05, 0.1) is 10.9 Å². The Kier molecular flexibility index (Phi) is 4.69. The molecule has 1 atom stereocenters. The van der Waals surface area contributed by atoms with E-state index in [2.05, 4.69) is 51.5 Å². The van der Waals surface area contributed by atoms with E-state index in [1.165, 1.54) is 35.4 Å². The normalized spacial score (nSPS) is 16.6. The molecular weight excluding hydrogens is 398 g/mol. The van der Waals surface area contributed by atoms with Crippen molar-refractivity contribution in [3.63, 3.8) is 0 Å². The van der Waals surface area contributed by atoms with Crippen molar-refractivity contribution in [2.75, 3.05) is 13.1 Å². The van der Waals surface area contributed by atoms with Gasteiger partial charge in [-0.2, -0.15) is 8.42 Å². The molecule has 1 saturated heterocycles. The molecule has 0 bridgehead atoms. The number of hydrogen-bond acceptors (Lipinski definition) is 3. The van der Waals surface area contributed by atoms with Crippen LogP contribution < -0.4 is 0 Å². The van der Waals surface area contributed by atoms with Crippen LogP contribution in [0.1, 0.15) is 24.4 Å². The van der Waals surface area contributed by atoms with E-state index in [0.717, 1.165) is 24.0 Å². The number of aryl methyl sites for hydroxylation is 1. The first-order valence-electron chi connectivity index (χ1n) is 10.3. The summed E-state index contributed by atoms with van der Waals surface area (Å²) in [6, 6.07) is 15.4. The van der Waals surface area contributed by atoms with Crippen LogP contribution in [0.3, 0.4) is 0 Å². The van der Waals surface area contributed by atoms with Crippen molar-refractivity contribution in [1.82, 2.24) is 14.0 Å². The number of fused-ring (bicyclic) bond motifs is 2. The number of nitrogens with zero attached hydrogens (tertiary/aromatic N) is 3. The lowest BCUT2D eigenvalue weighted by Crippen LogP contribution is -2.29. The van der Waals surface area contributed by atoms with Crippen LogP contribution in [0.2, 0.25) is 0 Å². The van der Waals surface area contributed by atoms with Gasteiger partial charge >= 0.3 is 0 Å². The van der Waals surface area contributed by atoms with Crippen LogP contribution in [0, 0.1) is 0 Å². The summed E-state index contributed by atoms with van der Waals surface area (Å²) in [5.41, 5.74) is 3.32. The molecule has 1 N–H and O–H groups in total. The molecule has 6 nitrogen and oxygen atoms in total. The number of para-hydroxylation sites is 1. The Balaban J connectivity index is 1.61. The third kappa shape index (κ3) is 3.33. The molecule has 2 aromatic carbocycles. The summed E-state index contributed by atoms with van der Waals surface area (Å²) < 4.78 is 37.1. The molecule has 0 radical (unpaired) electrons. The van der Waals surface area contributed by atoms with E-state index >= 15 is 0 Å². The molecule has 30 heavy (non-hydrogen) atoms. The van der Waals surface area contributed by atoms with Crippen molar-refractivity contribution < 1.29 is 13.0 Å². The van der Waals surface area contributed by atoms with E-state index < -0.39 is 10.1 Å². The Morgan fingerprint density at radius 1 is 1.03 bits per heavy atom. The lowest BCUT2D eigenvalue weighted by atomic mass is 10.0. The third-order valence-electron chi connectivity index (χ3n) is 6.28. The van der Waals surface area contributed by atoms with Gasteiger partial charge in [-0.25, -0.2) is 0 Å². The maximum atomic E-state index is 11.6. The summed E-state index contributed by atoms with van der Waals surface area (Å²) in [5.74, 6) is 0.